The van der Waals surface area contributed by atoms with E-state index in [4.69, 9.17) is 16.3 Å². The van der Waals surface area contributed by atoms with Gasteiger partial charge in [-0.2, -0.15) is 4.98 Å². The first-order valence-corrected chi connectivity index (χ1v) is 7.17. The normalized spacial score (nSPS) is 16.4. The predicted molar refractivity (Wildman–Crippen MR) is 78.1 cm³/mol. The van der Waals surface area contributed by atoms with Crippen molar-refractivity contribution in [1.29, 1.82) is 0 Å². The summed E-state index contributed by atoms with van der Waals surface area (Å²) in [5.74, 6) is 1.43. The summed E-state index contributed by atoms with van der Waals surface area (Å²) in [6.45, 7) is 4.58. The van der Waals surface area contributed by atoms with E-state index >= 15 is 0 Å². The Morgan fingerprint density at radius 3 is 2.89 bits per heavy atom. The van der Waals surface area contributed by atoms with Crippen molar-refractivity contribution in [3.8, 4) is 0 Å². The van der Waals surface area contributed by atoms with Gasteiger partial charge in [-0.3, -0.25) is 0 Å². The van der Waals surface area contributed by atoms with Crippen LogP contribution in [0.4, 0.5) is 11.8 Å². The van der Waals surface area contributed by atoms with E-state index < -0.39 is 0 Å². The zero-order valence-electron chi connectivity index (χ0n) is 11.5. The number of aromatic nitrogens is 2. The highest BCUT2D eigenvalue weighted by atomic mass is 35.5. The first kappa shape index (κ1) is 14.3. The van der Waals surface area contributed by atoms with Gasteiger partial charge in [-0.25, -0.2) is 4.98 Å². The Kier molecular flexibility index (Phi) is 5.22. The van der Waals surface area contributed by atoms with Crippen molar-refractivity contribution in [3.05, 3.63) is 11.2 Å². The molecule has 0 atom stereocenters. The topological polar surface area (TPSA) is 50.3 Å². The molecule has 5 nitrogen and oxygen atoms in total. The van der Waals surface area contributed by atoms with Crippen molar-refractivity contribution in [1.82, 2.24) is 9.97 Å². The summed E-state index contributed by atoms with van der Waals surface area (Å²) < 4.78 is 5.39. The Bertz CT molecular complexity index is 410. The van der Waals surface area contributed by atoms with Crippen molar-refractivity contribution < 1.29 is 4.74 Å². The first-order chi connectivity index (χ1) is 9.22. The molecule has 1 aliphatic rings. The van der Waals surface area contributed by atoms with Crippen LogP contribution in [0.5, 0.6) is 0 Å². The van der Waals surface area contributed by atoms with Crippen LogP contribution in [0.25, 0.3) is 0 Å². The standard InChI is InChI=1S/C13H21ClN4O/c1-3-6-15-13-16-9-11(14)12(17-13)18(2)10-4-7-19-8-5-10/h9-10H,3-8H2,1-2H3,(H,15,16,17). The number of anilines is 2. The lowest BCUT2D eigenvalue weighted by molar-refractivity contribution is 0.0853. The van der Waals surface area contributed by atoms with Crippen LogP contribution in [0.3, 0.4) is 0 Å². The molecule has 2 rings (SSSR count). The fourth-order valence-corrected chi connectivity index (χ4v) is 2.40. The van der Waals surface area contributed by atoms with Gasteiger partial charge in [-0.1, -0.05) is 18.5 Å². The van der Waals surface area contributed by atoms with E-state index in [1.807, 2.05) is 7.05 Å². The van der Waals surface area contributed by atoms with Crippen molar-refractivity contribution in [3.63, 3.8) is 0 Å². The molecule has 1 N–H and O–H groups in total. The number of ether oxygens (including phenoxy) is 1. The number of hydrogen-bond acceptors (Lipinski definition) is 5. The maximum atomic E-state index is 6.22. The maximum absolute atomic E-state index is 6.22. The van der Waals surface area contributed by atoms with Crippen LogP contribution in [0.15, 0.2) is 6.20 Å². The van der Waals surface area contributed by atoms with Gasteiger partial charge in [0.25, 0.3) is 0 Å². The molecule has 1 fully saturated rings. The van der Waals surface area contributed by atoms with Gasteiger partial charge in [0.15, 0.2) is 5.82 Å². The summed E-state index contributed by atoms with van der Waals surface area (Å²) in [4.78, 5) is 10.9. The molecule has 0 aromatic carbocycles. The highest BCUT2D eigenvalue weighted by Gasteiger charge is 2.21. The monoisotopic (exact) mass is 284 g/mol. The van der Waals surface area contributed by atoms with Crippen LogP contribution >= 0.6 is 11.6 Å². The van der Waals surface area contributed by atoms with E-state index in [0.29, 0.717) is 17.0 Å². The van der Waals surface area contributed by atoms with E-state index in [-0.39, 0.29) is 0 Å². The Balaban J connectivity index is 2.12. The maximum Gasteiger partial charge on any atom is 0.224 e. The number of nitrogens with one attached hydrogen (secondary N) is 1. The van der Waals surface area contributed by atoms with Crippen molar-refractivity contribution in [2.24, 2.45) is 0 Å². The molecular weight excluding hydrogens is 264 g/mol. The second kappa shape index (κ2) is 6.91. The van der Waals surface area contributed by atoms with E-state index in [1.54, 1.807) is 6.20 Å². The van der Waals surface area contributed by atoms with Crippen LogP contribution in [-0.4, -0.2) is 42.8 Å². The Hall–Kier alpha value is -1.07. The lowest BCUT2D eigenvalue weighted by atomic mass is 10.1. The van der Waals surface area contributed by atoms with Gasteiger partial charge in [0.2, 0.25) is 5.95 Å². The van der Waals surface area contributed by atoms with Gasteiger partial charge in [0.1, 0.15) is 5.02 Å². The molecule has 19 heavy (non-hydrogen) atoms. The zero-order chi connectivity index (χ0) is 13.7. The minimum atomic E-state index is 0.431. The lowest BCUT2D eigenvalue weighted by Gasteiger charge is -2.32. The van der Waals surface area contributed by atoms with E-state index in [0.717, 1.165) is 44.8 Å². The number of rotatable bonds is 5. The summed E-state index contributed by atoms with van der Waals surface area (Å²) >= 11 is 6.22. The molecule has 1 aromatic rings. The number of hydrogen-bond donors (Lipinski definition) is 1. The van der Waals surface area contributed by atoms with Gasteiger partial charge >= 0.3 is 0 Å². The van der Waals surface area contributed by atoms with Crippen molar-refractivity contribution in [2.75, 3.05) is 37.0 Å². The Morgan fingerprint density at radius 1 is 1.47 bits per heavy atom. The molecule has 0 saturated carbocycles. The molecule has 1 aromatic heterocycles. The molecule has 0 spiro atoms. The summed E-state index contributed by atoms with van der Waals surface area (Å²) in [6, 6.07) is 0.431. The minimum absolute atomic E-state index is 0.431. The molecule has 0 radical (unpaired) electrons. The number of nitrogens with zero attached hydrogens (tertiary/aromatic N) is 3. The summed E-state index contributed by atoms with van der Waals surface area (Å²) in [6.07, 6.45) is 4.72. The van der Waals surface area contributed by atoms with Crippen LogP contribution in [0, 0.1) is 0 Å². The van der Waals surface area contributed by atoms with Gasteiger partial charge in [-0.05, 0) is 19.3 Å². The quantitative estimate of drug-likeness (QED) is 0.900. The second-order valence-corrected chi connectivity index (χ2v) is 5.15. The average Bonchev–Trinajstić information content (AvgIpc) is 2.46. The molecular formula is C13H21ClN4O. The SMILES string of the molecule is CCCNc1ncc(Cl)c(N(C)C2CCOCC2)n1. The molecule has 6 heteroatoms. The highest BCUT2D eigenvalue weighted by molar-refractivity contribution is 6.32. The largest absolute Gasteiger partial charge is 0.381 e. The molecule has 0 bridgehead atoms. The van der Waals surface area contributed by atoms with Gasteiger partial charge in [0, 0.05) is 32.8 Å². The zero-order valence-corrected chi connectivity index (χ0v) is 12.3. The third kappa shape index (κ3) is 3.70. The number of halogens is 1. The van der Waals surface area contributed by atoms with E-state index in [1.165, 1.54) is 0 Å². The fraction of sp³-hybridized carbons (Fsp3) is 0.692. The van der Waals surface area contributed by atoms with Gasteiger partial charge < -0.3 is 15.0 Å². The van der Waals surface area contributed by atoms with Crippen LogP contribution in [0.1, 0.15) is 26.2 Å². The predicted octanol–water partition coefficient (Wildman–Crippen LogP) is 2.57. The summed E-state index contributed by atoms with van der Waals surface area (Å²) in [5.41, 5.74) is 0. The fourth-order valence-electron chi connectivity index (χ4n) is 2.17. The first-order valence-electron chi connectivity index (χ1n) is 6.79. The lowest BCUT2D eigenvalue weighted by Crippen LogP contribution is -2.37. The van der Waals surface area contributed by atoms with E-state index in [2.05, 4.69) is 27.1 Å². The third-order valence-corrected chi connectivity index (χ3v) is 3.60. The second-order valence-electron chi connectivity index (χ2n) is 4.75. The van der Waals surface area contributed by atoms with Crippen LogP contribution < -0.4 is 10.2 Å². The highest BCUT2D eigenvalue weighted by Crippen LogP contribution is 2.27. The molecule has 1 saturated heterocycles. The van der Waals surface area contributed by atoms with Crippen LogP contribution in [0.2, 0.25) is 5.02 Å². The van der Waals surface area contributed by atoms with E-state index in [9.17, 15) is 0 Å². The molecule has 106 valence electrons. The molecule has 0 aliphatic carbocycles. The van der Waals surface area contributed by atoms with Crippen molar-refractivity contribution >= 4 is 23.4 Å². The smallest absolute Gasteiger partial charge is 0.224 e. The minimum Gasteiger partial charge on any atom is -0.381 e. The Morgan fingerprint density at radius 2 is 2.21 bits per heavy atom. The average molecular weight is 285 g/mol. The molecule has 1 aliphatic heterocycles. The summed E-state index contributed by atoms with van der Waals surface area (Å²) in [5, 5.41) is 3.78. The summed E-state index contributed by atoms with van der Waals surface area (Å²) in [7, 11) is 2.04. The van der Waals surface area contributed by atoms with Gasteiger partial charge in [-0.15, -0.1) is 0 Å². The Labute approximate surface area is 119 Å². The van der Waals surface area contributed by atoms with Crippen molar-refractivity contribution in [2.45, 2.75) is 32.2 Å². The molecule has 0 unspecified atom stereocenters. The molecule has 2 heterocycles. The van der Waals surface area contributed by atoms with Crippen LogP contribution in [-0.2, 0) is 4.74 Å². The van der Waals surface area contributed by atoms with Gasteiger partial charge in [0.05, 0.1) is 6.20 Å². The molecule has 0 amide bonds. The third-order valence-electron chi connectivity index (χ3n) is 3.33.